The molecule has 23 heavy (non-hydrogen) atoms. The fourth-order valence-corrected chi connectivity index (χ4v) is 4.61. The van der Waals surface area contributed by atoms with Gasteiger partial charge in [-0.25, -0.2) is 8.42 Å². The summed E-state index contributed by atoms with van der Waals surface area (Å²) in [6.07, 6.45) is 1.82. The van der Waals surface area contributed by atoms with Crippen LogP contribution in [0.5, 0.6) is 0 Å². The van der Waals surface area contributed by atoms with Gasteiger partial charge in [0, 0.05) is 38.9 Å². The second kappa shape index (κ2) is 6.59. The zero-order chi connectivity index (χ0) is 16.4. The molecule has 6 nitrogen and oxygen atoms in total. The molecule has 2 fully saturated rings. The van der Waals surface area contributed by atoms with Crippen LogP contribution in [0, 0.1) is 5.92 Å². The van der Waals surface area contributed by atoms with Crippen molar-refractivity contribution in [2.75, 3.05) is 39.9 Å². The summed E-state index contributed by atoms with van der Waals surface area (Å²) in [5.74, 6) is 0.146. The van der Waals surface area contributed by atoms with E-state index in [4.69, 9.17) is 4.74 Å². The highest BCUT2D eigenvalue weighted by molar-refractivity contribution is 7.89. The second-order valence-corrected chi connectivity index (χ2v) is 8.08. The van der Waals surface area contributed by atoms with Gasteiger partial charge < -0.3 is 9.64 Å². The largest absolute Gasteiger partial charge is 0.384 e. The van der Waals surface area contributed by atoms with Crippen LogP contribution in [0.1, 0.15) is 23.2 Å². The lowest BCUT2D eigenvalue weighted by Crippen LogP contribution is -2.42. The number of hydrogen-bond acceptors (Lipinski definition) is 4. The molecular weight excluding hydrogens is 316 g/mol. The molecule has 0 bridgehead atoms. The molecule has 1 aromatic rings. The predicted molar refractivity (Wildman–Crippen MR) is 85.7 cm³/mol. The number of methoxy groups -OCH3 is 1. The molecule has 1 aromatic carbocycles. The number of carbonyl (C=O) groups is 1. The van der Waals surface area contributed by atoms with Crippen molar-refractivity contribution in [3.63, 3.8) is 0 Å². The van der Waals surface area contributed by atoms with Crippen molar-refractivity contribution >= 4 is 15.9 Å². The van der Waals surface area contributed by atoms with Crippen LogP contribution in [0.15, 0.2) is 29.2 Å². The van der Waals surface area contributed by atoms with Gasteiger partial charge >= 0.3 is 0 Å². The van der Waals surface area contributed by atoms with Gasteiger partial charge in [0.15, 0.2) is 0 Å². The topological polar surface area (TPSA) is 66.9 Å². The molecule has 1 unspecified atom stereocenters. The molecule has 2 heterocycles. The number of carbonyl (C=O) groups excluding carboxylic acids is 1. The zero-order valence-electron chi connectivity index (χ0n) is 13.3. The van der Waals surface area contributed by atoms with Crippen LogP contribution >= 0.6 is 0 Å². The van der Waals surface area contributed by atoms with Crippen LogP contribution in [0.4, 0.5) is 0 Å². The standard InChI is InChI=1S/C16H22N2O4S/c1-22-12-13-6-9-18(11-13)23(20,21)15-5-2-4-14(10-15)16(19)17-7-3-8-17/h2,4-5,10,13H,3,6-9,11-12H2,1H3. The van der Waals surface area contributed by atoms with Gasteiger partial charge in [-0.15, -0.1) is 0 Å². The summed E-state index contributed by atoms with van der Waals surface area (Å²) in [5, 5.41) is 0. The number of ether oxygens (including phenoxy) is 1. The Morgan fingerprint density at radius 2 is 2.09 bits per heavy atom. The van der Waals surface area contributed by atoms with Gasteiger partial charge in [-0.2, -0.15) is 4.31 Å². The molecule has 0 N–H and O–H groups in total. The number of rotatable bonds is 5. The van der Waals surface area contributed by atoms with Crippen molar-refractivity contribution in [1.29, 1.82) is 0 Å². The Labute approximate surface area is 137 Å². The molecule has 0 aromatic heterocycles. The quantitative estimate of drug-likeness (QED) is 0.809. The number of likely N-dealkylation sites (tertiary alicyclic amines) is 1. The van der Waals surface area contributed by atoms with Crippen LogP contribution in [0.25, 0.3) is 0 Å². The molecule has 3 rings (SSSR count). The fraction of sp³-hybridized carbons (Fsp3) is 0.562. The molecule has 2 saturated heterocycles. The summed E-state index contributed by atoms with van der Waals surface area (Å²) in [5.41, 5.74) is 0.443. The summed E-state index contributed by atoms with van der Waals surface area (Å²) in [4.78, 5) is 14.2. The van der Waals surface area contributed by atoms with Gasteiger partial charge in [-0.05, 0) is 37.0 Å². The summed E-state index contributed by atoms with van der Waals surface area (Å²) in [6.45, 7) is 3.04. The predicted octanol–water partition coefficient (Wildman–Crippen LogP) is 1.19. The number of benzene rings is 1. The van der Waals surface area contributed by atoms with E-state index in [9.17, 15) is 13.2 Å². The van der Waals surface area contributed by atoms with Crippen LogP contribution in [0.3, 0.4) is 0 Å². The molecule has 0 spiro atoms. The lowest BCUT2D eigenvalue weighted by molar-refractivity contribution is 0.0651. The lowest BCUT2D eigenvalue weighted by atomic mass is 10.1. The van der Waals surface area contributed by atoms with E-state index in [2.05, 4.69) is 0 Å². The second-order valence-electron chi connectivity index (χ2n) is 6.15. The first-order valence-electron chi connectivity index (χ1n) is 7.91. The number of hydrogen-bond donors (Lipinski definition) is 0. The van der Waals surface area contributed by atoms with E-state index < -0.39 is 10.0 Å². The summed E-state index contributed by atoms with van der Waals surface area (Å²) >= 11 is 0. The third kappa shape index (κ3) is 3.27. The molecule has 0 radical (unpaired) electrons. The van der Waals surface area contributed by atoms with E-state index in [0.29, 0.717) is 25.3 Å². The first kappa shape index (κ1) is 16.4. The maximum absolute atomic E-state index is 12.8. The highest BCUT2D eigenvalue weighted by Crippen LogP contribution is 2.25. The Hall–Kier alpha value is -1.44. The monoisotopic (exact) mass is 338 g/mol. The van der Waals surface area contributed by atoms with Gasteiger partial charge in [0.1, 0.15) is 0 Å². The minimum Gasteiger partial charge on any atom is -0.384 e. The van der Waals surface area contributed by atoms with Crippen LogP contribution in [-0.4, -0.2) is 63.4 Å². The molecule has 1 atom stereocenters. The van der Waals surface area contributed by atoms with Crippen LogP contribution in [0.2, 0.25) is 0 Å². The first-order chi connectivity index (χ1) is 11.0. The molecule has 7 heteroatoms. The third-order valence-corrected chi connectivity index (χ3v) is 6.37. The number of nitrogens with zero attached hydrogens (tertiary/aromatic N) is 2. The molecule has 1 amide bonds. The average Bonchev–Trinajstić information content (AvgIpc) is 2.95. The highest BCUT2D eigenvalue weighted by Gasteiger charge is 2.33. The fourth-order valence-electron chi connectivity index (χ4n) is 3.03. The maximum atomic E-state index is 12.8. The minimum atomic E-state index is -3.55. The molecule has 126 valence electrons. The summed E-state index contributed by atoms with van der Waals surface area (Å²) in [7, 11) is -1.93. The normalized spacial score (nSPS) is 22.1. The van der Waals surface area contributed by atoms with Gasteiger partial charge in [0.05, 0.1) is 11.5 Å². The molecule has 2 aliphatic rings. The zero-order valence-corrected chi connectivity index (χ0v) is 14.1. The summed E-state index contributed by atoms with van der Waals surface area (Å²) < 4.78 is 32.2. The average molecular weight is 338 g/mol. The maximum Gasteiger partial charge on any atom is 0.253 e. The summed E-state index contributed by atoms with van der Waals surface area (Å²) in [6, 6.07) is 6.38. The van der Waals surface area contributed by atoms with Crippen LogP contribution in [-0.2, 0) is 14.8 Å². The van der Waals surface area contributed by atoms with Gasteiger partial charge in [-0.3, -0.25) is 4.79 Å². The van der Waals surface area contributed by atoms with E-state index in [1.165, 1.54) is 10.4 Å². The van der Waals surface area contributed by atoms with E-state index in [0.717, 1.165) is 25.9 Å². The molecule has 0 saturated carbocycles. The molecule has 0 aliphatic carbocycles. The van der Waals surface area contributed by atoms with Crippen molar-refractivity contribution < 1.29 is 17.9 Å². The molecular formula is C16H22N2O4S. The van der Waals surface area contributed by atoms with E-state index in [1.807, 2.05) is 0 Å². The first-order valence-corrected chi connectivity index (χ1v) is 9.35. The Kier molecular flexibility index (Phi) is 4.70. The minimum absolute atomic E-state index is 0.0908. The Balaban J connectivity index is 1.79. The lowest BCUT2D eigenvalue weighted by Gasteiger charge is -2.31. The number of amides is 1. The Morgan fingerprint density at radius 1 is 1.30 bits per heavy atom. The van der Waals surface area contributed by atoms with Crippen molar-refractivity contribution in [2.24, 2.45) is 5.92 Å². The van der Waals surface area contributed by atoms with Crippen molar-refractivity contribution in [2.45, 2.75) is 17.7 Å². The Morgan fingerprint density at radius 3 is 2.74 bits per heavy atom. The van der Waals surface area contributed by atoms with Gasteiger partial charge in [0.25, 0.3) is 5.91 Å². The van der Waals surface area contributed by atoms with Gasteiger partial charge in [-0.1, -0.05) is 6.07 Å². The van der Waals surface area contributed by atoms with E-state index in [1.54, 1.807) is 30.2 Å². The van der Waals surface area contributed by atoms with Crippen LogP contribution < -0.4 is 0 Å². The van der Waals surface area contributed by atoms with E-state index >= 15 is 0 Å². The third-order valence-electron chi connectivity index (χ3n) is 4.51. The molecule has 2 aliphatic heterocycles. The number of sulfonamides is 1. The van der Waals surface area contributed by atoms with Crippen molar-refractivity contribution in [3.8, 4) is 0 Å². The van der Waals surface area contributed by atoms with E-state index in [-0.39, 0.29) is 16.7 Å². The Bertz CT molecular complexity index is 685. The van der Waals surface area contributed by atoms with Gasteiger partial charge in [0.2, 0.25) is 10.0 Å². The van der Waals surface area contributed by atoms with Crippen molar-refractivity contribution in [3.05, 3.63) is 29.8 Å². The highest BCUT2D eigenvalue weighted by atomic mass is 32.2. The van der Waals surface area contributed by atoms with Crippen molar-refractivity contribution in [1.82, 2.24) is 9.21 Å². The smallest absolute Gasteiger partial charge is 0.253 e. The SMILES string of the molecule is COCC1CCN(S(=O)(=O)c2cccc(C(=O)N3CCC3)c2)C1.